The minimum atomic E-state index is -3.87. The van der Waals surface area contributed by atoms with Crippen molar-refractivity contribution >= 4 is 39.4 Å². The van der Waals surface area contributed by atoms with E-state index in [9.17, 15) is 8.42 Å². The number of halogens is 2. The van der Waals surface area contributed by atoms with E-state index >= 15 is 0 Å². The average Bonchev–Trinajstić information content (AvgIpc) is 2.70. The highest BCUT2D eigenvalue weighted by molar-refractivity contribution is 7.89. The zero-order valence-corrected chi connectivity index (χ0v) is 16.9. The molecule has 0 bridgehead atoms. The quantitative estimate of drug-likeness (QED) is 0.425. The van der Waals surface area contributed by atoms with Gasteiger partial charge in [-0.05, 0) is 35.9 Å². The average molecular weight is 435 g/mol. The monoisotopic (exact) mass is 434 g/mol. The Morgan fingerprint density at radius 2 is 1.64 bits per heavy atom. The zero-order chi connectivity index (χ0) is 20.0. The SMILES string of the molecule is O=S(=O)(N/N=C/c1ccccc1OCc1ccccc1)c1ccc(Cl)c(Cl)c1. The molecule has 28 heavy (non-hydrogen) atoms. The van der Waals surface area contributed by atoms with Crippen LogP contribution >= 0.6 is 23.2 Å². The van der Waals surface area contributed by atoms with E-state index in [2.05, 4.69) is 9.93 Å². The van der Waals surface area contributed by atoms with Crippen LogP contribution in [0.5, 0.6) is 5.75 Å². The van der Waals surface area contributed by atoms with Gasteiger partial charge < -0.3 is 4.74 Å². The van der Waals surface area contributed by atoms with E-state index in [0.717, 1.165) is 5.56 Å². The number of hydrogen-bond acceptors (Lipinski definition) is 4. The number of benzene rings is 3. The summed E-state index contributed by atoms with van der Waals surface area (Å²) in [4.78, 5) is 2.12. The van der Waals surface area contributed by atoms with Gasteiger partial charge in [0, 0.05) is 5.56 Å². The lowest BCUT2D eigenvalue weighted by molar-refractivity contribution is 0.306. The molecule has 1 N–H and O–H groups in total. The van der Waals surface area contributed by atoms with Gasteiger partial charge in [0.15, 0.2) is 0 Å². The number of ether oxygens (including phenoxy) is 1. The largest absolute Gasteiger partial charge is 0.488 e. The van der Waals surface area contributed by atoms with E-state index in [1.165, 1.54) is 24.4 Å². The Hall–Kier alpha value is -2.54. The standard InChI is InChI=1S/C20H16Cl2N2O3S/c21-18-11-10-17(12-19(18)22)28(25,26)24-23-13-16-8-4-5-9-20(16)27-14-15-6-2-1-3-7-15/h1-13,24H,14H2/b23-13+. The number of hydrazone groups is 1. The second-order valence-electron chi connectivity index (χ2n) is 5.74. The van der Waals surface area contributed by atoms with Gasteiger partial charge >= 0.3 is 0 Å². The van der Waals surface area contributed by atoms with E-state index in [1.807, 2.05) is 42.5 Å². The lowest BCUT2D eigenvalue weighted by Gasteiger charge is -2.09. The molecule has 8 heteroatoms. The fraction of sp³-hybridized carbons (Fsp3) is 0.0500. The van der Waals surface area contributed by atoms with Gasteiger partial charge in [-0.2, -0.15) is 13.5 Å². The van der Waals surface area contributed by atoms with E-state index in [0.29, 0.717) is 17.9 Å². The predicted octanol–water partition coefficient (Wildman–Crippen LogP) is 4.88. The number of rotatable bonds is 7. The van der Waals surface area contributed by atoms with Gasteiger partial charge in [-0.1, -0.05) is 65.7 Å². The van der Waals surface area contributed by atoms with Gasteiger partial charge in [0.25, 0.3) is 10.0 Å². The lowest BCUT2D eigenvalue weighted by atomic mass is 10.2. The van der Waals surface area contributed by atoms with Crippen LogP contribution in [0, 0.1) is 0 Å². The van der Waals surface area contributed by atoms with E-state index in [4.69, 9.17) is 27.9 Å². The fourth-order valence-corrected chi connectivity index (χ4v) is 3.50. The van der Waals surface area contributed by atoms with Crippen LogP contribution in [0.2, 0.25) is 10.0 Å². The number of nitrogens with one attached hydrogen (secondary N) is 1. The first-order valence-electron chi connectivity index (χ1n) is 8.21. The molecule has 5 nitrogen and oxygen atoms in total. The summed E-state index contributed by atoms with van der Waals surface area (Å²) in [6.07, 6.45) is 1.38. The van der Waals surface area contributed by atoms with Gasteiger partial charge in [-0.3, -0.25) is 0 Å². The Morgan fingerprint density at radius 3 is 2.39 bits per heavy atom. The predicted molar refractivity (Wildman–Crippen MR) is 112 cm³/mol. The van der Waals surface area contributed by atoms with Crippen LogP contribution in [-0.2, 0) is 16.6 Å². The first-order chi connectivity index (χ1) is 13.5. The molecule has 0 aliphatic carbocycles. The maximum atomic E-state index is 12.3. The second kappa shape index (κ2) is 9.10. The molecule has 3 rings (SSSR count). The highest BCUT2D eigenvalue weighted by Gasteiger charge is 2.14. The molecular weight excluding hydrogens is 419 g/mol. The molecule has 3 aromatic carbocycles. The van der Waals surface area contributed by atoms with E-state index in [1.54, 1.807) is 12.1 Å². The van der Waals surface area contributed by atoms with E-state index < -0.39 is 10.0 Å². The molecule has 0 aliphatic heterocycles. The maximum absolute atomic E-state index is 12.3. The highest BCUT2D eigenvalue weighted by atomic mass is 35.5. The first kappa shape index (κ1) is 20.2. The van der Waals surface area contributed by atoms with Crippen molar-refractivity contribution in [2.45, 2.75) is 11.5 Å². The Labute approximate surface area is 173 Å². The van der Waals surface area contributed by atoms with Gasteiger partial charge in [-0.15, -0.1) is 0 Å². The van der Waals surface area contributed by atoms with Crippen molar-refractivity contribution in [1.82, 2.24) is 4.83 Å². The van der Waals surface area contributed by atoms with Gasteiger partial charge in [0.2, 0.25) is 0 Å². The van der Waals surface area contributed by atoms with Crippen LogP contribution in [0.3, 0.4) is 0 Å². The molecule has 0 heterocycles. The number of para-hydroxylation sites is 1. The van der Waals surface area contributed by atoms with Gasteiger partial charge in [-0.25, -0.2) is 4.83 Å². The number of hydrogen-bond donors (Lipinski definition) is 1. The Bertz CT molecular complexity index is 1090. The smallest absolute Gasteiger partial charge is 0.276 e. The van der Waals surface area contributed by atoms with Crippen molar-refractivity contribution in [3.63, 3.8) is 0 Å². The summed E-state index contributed by atoms with van der Waals surface area (Å²) < 4.78 is 30.5. The minimum Gasteiger partial charge on any atom is -0.488 e. The summed E-state index contributed by atoms with van der Waals surface area (Å²) >= 11 is 11.7. The molecule has 0 aliphatic rings. The third kappa shape index (κ3) is 5.25. The molecule has 0 fully saturated rings. The minimum absolute atomic E-state index is 0.0346. The first-order valence-corrected chi connectivity index (χ1v) is 10.5. The Balaban J connectivity index is 1.71. The van der Waals surface area contributed by atoms with Crippen molar-refractivity contribution in [2.75, 3.05) is 0 Å². The summed E-state index contributed by atoms with van der Waals surface area (Å²) in [5.41, 5.74) is 1.66. The molecule has 0 saturated carbocycles. The van der Waals surface area contributed by atoms with E-state index in [-0.39, 0.29) is 14.9 Å². The van der Waals surface area contributed by atoms with Crippen LogP contribution < -0.4 is 9.57 Å². The van der Waals surface area contributed by atoms with Gasteiger partial charge in [0.1, 0.15) is 12.4 Å². The molecule has 0 spiro atoms. The Morgan fingerprint density at radius 1 is 0.929 bits per heavy atom. The lowest BCUT2D eigenvalue weighted by Crippen LogP contribution is -2.18. The number of sulfonamides is 1. The molecule has 0 radical (unpaired) electrons. The van der Waals surface area contributed by atoms with Crippen LogP contribution in [0.15, 0.2) is 82.8 Å². The van der Waals surface area contributed by atoms with Crippen molar-refractivity contribution in [2.24, 2.45) is 5.10 Å². The Kier molecular flexibility index (Phi) is 6.57. The van der Waals surface area contributed by atoms with Crippen molar-refractivity contribution in [3.05, 3.63) is 94.0 Å². The molecule has 0 unspecified atom stereocenters. The van der Waals surface area contributed by atoms with Gasteiger partial charge in [0.05, 0.1) is 21.2 Å². The molecule has 144 valence electrons. The van der Waals surface area contributed by atoms with Crippen molar-refractivity contribution in [1.29, 1.82) is 0 Å². The third-order valence-electron chi connectivity index (χ3n) is 3.73. The topological polar surface area (TPSA) is 67.8 Å². The van der Waals surface area contributed by atoms with Crippen LogP contribution in [0.25, 0.3) is 0 Å². The molecule has 0 aromatic heterocycles. The van der Waals surface area contributed by atoms with Crippen LogP contribution in [0.1, 0.15) is 11.1 Å². The summed E-state index contributed by atoms with van der Waals surface area (Å²) in [6.45, 7) is 0.390. The van der Waals surface area contributed by atoms with Crippen molar-refractivity contribution in [3.8, 4) is 5.75 Å². The zero-order valence-electron chi connectivity index (χ0n) is 14.5. The fourth-order valence-electron chi connectivity index (χ4n) is 2.32. The molecule has 3 aromatic rings. The molecular formula is C20H16Cl2N2O3S. The normalized spacial score (nSPS) is 11.5. The highest BCUT2D eigenvalue weighted by Crippen LogP contribution is 2.24. The summed E-state index contributed by atoms with van der Waals surface area (Å²) in [6, 6.07) is 21.0. The molecule has 0 atom stereocenters. The third-order valence-corrected chi connectivity index (χ3v) is 5.69. The molecule has 0 amide bonds. The number of nitrogens with zero attached hydrogens (tertiary/aromatic N) is 1. The maximum Gasteiger partial charge on any atom is 0.276 e. The van der Waals surface area contributed by atoms with Crippen LogP contribution in [-0.4, -0.2) is 14.6 Å². The summed E-state index contributed by atoms with van der Waals surface area (Å²) in [5, 5.41) is 4.26. The second-order valence-corrected chi connectivity index (χ2v) is 8.22. The molecule has 0 saturated heterocycles. The van der Waals surface area contributed by atoms with Crippen molar-refractivity contribution < 1.29 is 13.2 Å². The summed E-state index contributed by atoms with van der Waals surface area (Å²) in [5.74, 6) is 0.587. The summed E-state index contributed by atoms with van der Waals surface area (Å²) in [7, 11) is -3.87. The van der Waals surface area contributed by atoms with Crippen LogP contribution in [0.4, 0.5) is 0 Å².